The molecule has 0 aliphatic heterocycles. The summed E-state index contributed by atoms with van der Waals surface area (Å²) < 4.78 is 38.6. The SMILES string of the molecule is CCNC(=NCc1ncc(C)s1)NC(C)c1cccc(C(F)(F)F)c1. The van der Waals surface area contributed by atoms with E-state index in [0.29, 0.717) is 24.6 Å². The minimum absolute atomic E-state index is 0.321. The molecule has 0 spiro atoms. The van der Waals surface area contributed by atoms with Gasteiger partial charge in [0, 0.05) is 17.6 Å². The summed E-state index contributed by atoms with van der Waals surface area (Å²) in [5, 5.41) is 7.13. The molecular formula is C17H21F3N4S. The summed E-state index contributed by atoms with van der Waals surface area (Å²) in [4.78, 5) is 9.82. The number of aliphatic imine (C=N–C) groups is 1. The molecule has 0 aliphatic rings. The lowest BCUT2D eigenvalue weighted by molar-refractivity contribution is -0.137. The van der Waals surface area contributed by atoms with E-state index >= 15 is 0 Å². The second-order valence-corrected chi connectivity index (χ2v) is 6.87. The van der Waals surface area contributed by atoms with Crippen molar-refractivity contribution in [2.75, 3.05) is 6.54 Å². The molecule has 0 bridgehead atoms. The number of nitrogens with zero attached hydrogens (tertiary/aromatic N) is 2. The van der Waals surface area contributed by atoms with Gasteiger partial charge in [-0.05, 0) is 38.5 Å². The molecule has 2 N–H and O–H groups in total. The molecule has 0 fully saturated rings. The summed E-state index contributed by atoms with van der Waals surface area (Å²) in [6.07, 6.45) is -2.56. The fourth-order valence-electron chi connectivity index (χ4n) is 2.21. The largest absolute Gasteiger partial charge is 0.416 e. The van der Waals surface area contributed by atoms with Crippen LogP contribution in [0.2, 0.25) is 0 Å². The maximum Gasteiger partial charge on any atom is 0.416 e. The van der Waals surface area contributed by atoms with Crippen LogP contribution in [0.25, 0.3) is 0 Å². The molecule has 1 aromatic heterocycles. The fourth-order valence-corrected chi connectivity index (χ4v) is 2.93. The van der Waals surface area contributed by atoms with E-state index in [1.165, 1.54) is 6.07 Å². The van der Waals surface area contributed by atoms with Gasteiger partial charge in [-0.3, -0.25) is 0 Å². The van der Waals surface area contributed by atoms with E-state index < -0.39 is 11.7 Å². The van der Waals surface area contributed by atoms with Crippen molar-refractivity contribution in [3.8, 4) is 0 Å². The summed E-state index contributed by atoms with van der Waals surface area (Å²) in [5.41, 5.74) is -0.107. The number of hydrogen-bond acceptors (Lipinski definition) is 3. The van der Waals surface area contributed by atoms with Gasteiger partial charge in [0.15, 0.2) is 5.96 Å². The van der Waals surface area contributed by atoms with E-state index in [0.717, 1.165) is 22.0 Å². The highest BCUT2D eigenvalue weighted by Gasteiger charge is 2.30. The third-order valence-corrected chi connectivity index (χ3v) is 4.35. The van der Waals surface area contributed by atoms with Crippen LogP contribution in [0, 0.1) is 6.92 Å². The van der Waals surface area contributed by atoms with E-state index in [1.54, 1.807) is 30.5 Å². The normalized spacial score (nSPS) is 13.6. The first kappa shape index (κ1) is 19.2. The molecule has 0 saturated carbocycles. The summed E-state index contributed by atoms with van der Waals surface area (Å²) in [6.45, 7) is 6.78. The summed E-state index contributed by atoms with van der Waals surface area (Å²) in [7, 11) is 0. The maximum atomic E-state index is 12.9. The highest BCUT2D eigenvalue weighted by molar-refractivity contribution is 7.11. The van der Waals surface area contributed by atoms with Gasteiger partial charge >= 0.3 is 6.18 Å². The van der Waals surface area contributed by atoms with Crippen molar-refractivity contribution in [3.05, 3.63) is 51.5 Å². The Morgan fingerprint density at radius 2 is 2.12 bits per heavy atom. The number of alkyl halides is 3. The predicted octanol–water partition coefficient (Wildman–Crippen LogP) is 4.29. The first-order chi connectivity index (χ1) is 11.8. The number of rotatable bonds is 5. The third kappa shape index (κ3) is 5.74. The monoisotopic (exact) mass is 370 g/mol. The lowest BCUT2D eigenvalue weighted by Crippen LogP contribution is -2.38. The van der Waals surface area contributed by atoms with Gasteiger partial charge in [0.25, 0.3) is 0 Å². The number of aryl methyl sites for hydroxylation is 1. The molecule has 1 heterocycles. The van der Waals surface area contributed by atoms with Crippen molar-refractivity contribution < 1.29 is 13.2 Å². The molecule has 8 heteroatoms. The first-order valence-electron chi connectivity index (χ1n) is 7.93. The molecule has 4 nitrogen and oxygen atoms in total. The quantitative estimate of drug-likeness (QED) is 0.610. The highest BCUT2D eigenvalue weighted by atomic mass is 32.1. The van der Waals surface area contributed by atoms with E-state index in [4.69, 9.17) is 0 Å². The molecule has 1 atom stereocenters. The Balaban J connectivity index is 2.10. The zero-order chi connectivity index (χ0) is 18.4. The van der Waals surface area contributed by atoms with Crippen LogP contribution in [0.4, 0.5) is 13.2 Å². The van der Waals surface area contributed by atoms with Gasteiger partial charge in [-0.25, -0.2) is 9.98 Å². The highest BCUT2D eigenvalue weighted by Crippen LogP contribution is 2.30. The Hall–Kier alpha value is -2.09. The van der Waals surface area contributed by atoms with Crippen LogP contribution in [0.5, 0.6) is 0 Å². The topological polar surface area (TPSA) is 49.3 Å². The number of aromatic nitrogens is 1. The number of benzene rings is 1. The minimum Gasteiger partial charge on any atom is -0.357 e. The number of hydrogen-bond donors (Lipinski definition) is 2. The van der Waals surface area contributed by atoms with Crippen molar-refractivity contribution in [1.29, 1.82) is 0 Å². The van der Waals surface area contributed by atoms with Crippen molar-refractivity contribution in [2.45, 2.75) is 39.5 Å². The Morgan fingerprint density at radius 3 is 2.72 bits per heavy atom. The fraction of sp³-hybridized carbons (Fsp3) is 0.412. The van der Waals surface area contributed by atoms with Crippen molar-refractivity contribution in [3.63, 3.8) is 0 Å². The maximum absolute atomic E-state index is 12.9. The molecule has 1 aromatic carbocycles. The van der Waals surface area contributed by atoms with E-state index in [9.17, 15) is 13.2 Å². The summed E-state index contributed by atoms with van der Waals surface area (Å²) in [5.74, 6) is 0.542. The average molecular weight is 370 g/mol. The Kier molecular flexibility index (Phi) is 6.41. The van der Waals surface area contributed by atoms with E-state index in [2.05, 4.69) is 20.6 Å². The molecule has 0 aliphatic carbocycles. The smallest absolute Gasteiger partial charge is 0.357 e. The Morgan fingerprint density at radius 1 is 1.36 bits per heavy atom. The molecule has 1 unspecified atom stereocenters. The molecule has 25 heavy (non-hydrogen) atoms. The second kappa shape index (κ2) is 8.33. The zero-order valence-electron chi connectivity index (χ0n) is 14.3. The van der Waals surface area contributed by atoms with Crippen LogP contribution >= 0.6 is 11.3 Å². The lowest BCUT2D eigenvalue weighted by Gasteiger charge is -2.19. The lowest BCUT2D eigenvalue weighted by atomic mass is 10.1. The Bertz CT molecular complexity index is 725. The average Bonchev–Trinajstić information content (AvgIpc) is 2.97. The second-order valence-electron chi connectivity index (χ2n) is 5.55. The molecule has 0 radical (unpaired) electrons. The number of guanidine groups is 1. The standard InChI is InChI=1S/C17H21F3N4S/c1-4-21-16(23-10-15-22-9-11(2)25-15)24-12(3)13-6-5-7-14(8-13)17(18,19)20/h5-9,12H,4,10H2,1-3H3,(H2,21,23,24). The first-order valence-corrected chi connectivity index (χ1v) is 8.74. The van der Waals surface area contributed by atoms with Crippen LogP contribution in [0.3, 0.4) is 0 Å². The molecule has 136 valence electrons. The number of nitrogens with one attached hydrogen (secondary N) is 2. The van der Waals surface area contributed by atoms with Gasteiger partial charge in [0.05, 0.1) is 18.2 Å². The van der Waals surface area contributed by atoms with Gasteiger partial charge in [0.2, 0.25) is 0 Å². The molecular weight excluding hydrogens is 349 g/mol. The number of thiazole rings is 1. The van der Waals surface area contributed by atoms with Crippen molar-refractivity contribution in [1.82, 2.24) is 15.6 Å². The van der Waals surface area contributed by atoms with Gasteiger partial charge in [-0.2, -0.15) is 13.2 Å². The van der Waals surface area contributed by atoms with Gasteiger partial charge < -0.3 is 10.6 Å². The predicted molar refractivity (Wildman–Crippen MR) is 94.7 cm³/mol. The Labute approximate surface area is 149 Å². The van der Waals surface area contributed by atoms with E-state index in [1.807, 2.05) is 13.8 Å². The third-order valence-electron chi connectivity index (χ3n) is 3.45. The van der Waals surface area contributed by atoms with Crippen molar-refractivity contribution >= 4 is 17.3 Å². The van der Waals surface area contributed by atoms with Gasteiger partial charge in [-0.1, -0.05) is 12.1 Å². The summed E-state index contributed by atoms with van der Waals surface area (Å²) >= 11 is 1.57. The van der Waals surface area contributed by atoms with Crippen LogP contribution in [0.1, 0.15) is 40.9 Å². The van der Waals surface area contributed by atoms with Gasteiger partial charge in [-0.15, -0.1) is 11.3 Å². The minimum atomic E-state index is -4.35. The molecule has 0 amide bonds. The van der Waals surface area contributed by atoms with Crippen LogP contribution in [-0.2, 0) is 12.7 Å². The van der Waals surface area contributed by atoms with Crippen molar-refractivity contribution in [2.24, 2.45) is 4.99 Å². The van der Waals surface area contributed by atoms with Gasteiger partial charge in [0.1, 0.15) is 5.01 Å². The summed E-state index contributed by atoms with van der Waals surface area (Å²) in [6, 6.07) is 4.99. The number of halogens is 3. The molecule has 2 aromatic rings. The molecule has 2 rings (SSSR count). The van der Waals surface area contributed by atoms with Crippen LogP contribution < -0.4 is 10.6 Å². The van der Waals surface area contributed by atoms with Crippen LogP contribution in [0.15, 0.2) is 35.5 Å². The zero-order valence-corrected chi connectivity index (χ0v) is 15.1. The van der Waals surface area contributed by atoms with Crippen LogP contribution in [-0.4, -0.2) is 17.5 Å². The van der Waals surface area contributed by atoms with E-state index in [-0.39, 0.29) is 6.04 Å². The molecule has 0 saturated heterocycles.